The van der Waals surface area contributed by atoms with Crippen LogP contribution in [-0.4, -0.2) is 74.0 Å². The van der Waals surface area contributed by atoms with E-state index in [1.807, 2.05) is 20.0 Å². The molecular formula is C24H29FN4O2. The quantitative estimate of drug-likeness (QED) is 0.697. The Morgan fingerprint density at radius 3 is 2.97 bits per heavy atom. The van der Waals surface area contributed by atoms with Gasteiger partial charge in [-0.2, -0.15) is 0 Å². The molecule has 0 bridgehead atoms. The number of dihydropyridines is 1. The Labute approximate surface area is 183 Å². The van der Waals surface area contributed by atoms with E-state index in [2.05, 4.69) is 27.6 Å². The molecule has 0 radical (unpaired) electrons. The Balaban J connectivity index is 1.35. The summed E-state index contributed by atoms with van der Waals surface area (Å²) in [5, 5.41) is 0. The summed E-state index contributed by atoms with van der Waals surface area (Å²) in [6.07, 6.45) is 8.37. The fourth-order valence-corrected chi connectivity index (χ4v) is 4.78. The number of carbonyl (C=O) groups is 1. The van der Waals surface area contributed by atoms with Crippen LogP contribution in [0.15, 0.2) is 34.8 Å². The van der Waals surface area contributed by atoms with E-state index in [9.17, 15) is 9.18 Å². The molecule has 3 aliphatic heterocycles. The van der Waals surface area contributed by atoms with E-state index in [1.165, 1.54) is 12.1 Å². The van der Waals surface area contributed by atoms with Gasteiger partial charge in [-0.25, -0.2) is 4.39 Å². The number of amides is 1. The van der Waals surface area contributed by atoms with Crippen LogP contribution >= 0.6 is 0 Å². The normalized spacial score (nSPS) is 22.3. The fraction of sp³-hybridized carbons (Fsp3) is 0.500. The number of rotatable bonds is 4. The van der Waals surface area contributed by atoms with Crippen molar-refractivity contribution in [2.24, 2.45) is 10.4 Å². The zero-order valence-corrected chi connectivity index (χ0v) is 18.4. The first kappa shape index (κ1) is 21.4. The molecule has 0 spiro atoms. The second-order valence-corrected chi connectivity index (χ2v) is 9.15. The van der Waals surface area contributed by atoms with Crippen molar-refractivity contribution in [1.82, 2.24) is 9.80 Å². The molecule has 7 heteroatoms. The number of nitrogens with zero attached hydrogens (tertiary/aromatic N) is 4. The van der Waals surface area contributed by atoms with Crippen molar-refractivity contribution in [2.75, 3.05) is 51.3 Å². The van der Waals surface area contributed by atoms with Gasteiger partial charge in [0.05, 0.1) is 18.3 Å². The predicted molar refractivity (Wildman–Crippen MR) is 120 cm³/mol. The van der Waals surface area contributed by atoms with Gasteiger partial charge in [0, 0.05) is 56.7 Å². The maximum atomic E-state index is 13.5. The lowest BCUT2D eigenvalue weighted by Gasteiger charge is -2.50. The summed E-state index contributed by atoms with van der Waals surface area (Å²) in [6.45, 7) is 8.12. The molecule has 3 aliphatic rings. The highest BCUT2D eigenvalue weighted by molar-refractivity contribution is 5.97. The Hall–Kier alpha value is -2.85. The highest BCUT2D eigenvalue weighted by atomic mass is 19.1. The van der Waals surface area contributed by atoms with E-state index in [0.717, 1.165) is 44.0 Å². The van der Waals surface area contributed by atoms with Crippen LogP contribution in [0.25, 0.3) is 0 Å². The van der Waals surface area contributed by atoms with E-state index in [1.54, 1.807) is 11.0 Å². The fourth-order valence-electron chi connectivity index (χ4n) is 4.78. The molecule has 1 aromatic carbocycles. The largest absolute Gasteiger partial charge is 0.489 e. The Morgan fingerprint density at radius 2 is 2.23 bits per heavy atom. The number of hydrogen-bond acceptors (Lipinski definition) is 5. The minimum Gasteiger partial charge on any atom is -0.489 e. The van der Waals surface area contributed by atoms with Crippen LogP contribution in [0.2, 0.25) is 0 Å². The first-order valence-corrected chi connectivity index (χ1v) is 10.7. The first-order chi connectivity index (χ1) is 14.8. The summed E-state index contributed by atoms with van der Waals surface area (Å²) in [4.78, 5) is 23.7. The standard InChI is InChI=1S/C24H29FN4O2/c1-5-18-8-9-26-22(10-18)27(4)14-24(3)15-28(16-24)12-23(30)29-17(2)13-31-21-11-19(25)6-7-20(21)29/h1,6-7,10-11,17H,8-9,12-16H2,2-4H3. The van der Waals surface area contributed by atoms with Crippen molar-refractivity contribution in [1.29, 1.82) is 0 Å². The van der Waals surface area contributed by atoms with Gasteiger partial charge < -0.3 is 14.5 Å². The van der Waals surface area contributed by atoms with Crippen molar-refractivity contribution in [3.63, 3.8) is 0 Å². The second-order valence-electron chi connectivity index (χ2n) is 9.15. The van der Waals surface area contributed by atoms with Gasteiger partial charge in [0.25, 0.3) is 0 Å². The average Bonchev–Trinajstić information content (AvgIpc) is 2.72. The molecule has 1 fully saturated rings. The third kappa shape index (κ3) is 4.45. The molecule has 6 nitrogen and oxygen atoms in total. The number of aliphatic imine (C=N–C) groups is 1. The van der Waals surface area contributed by atoms with Crippen molar-refractivity contribution in [3.8, 4) is 18.1 Å². The summed E-state index contributed by atoms with van der Waals surface area (Å²) in [6, 6.07) is 4.23. The number of terminal acetylenes is 1. The van der Waals surface area contributed by atoms with Gasteiger partial charge in [0.1, 0.15) is 24.0 Å². The number of likely N-dealkylation sites (N-methyl/N-ethyl adjacent to an activating group) is 1. The molecule has 0 aliphatic carbocycles. The molecule has 1 aromatic rings. The Kier molecular flexibility index (Phi) is 5.76. The number of fused-ring (bicyclic) bond motifs is 1. The van der Waals surface area contributed by atoms with E-state index in [0.29, 0.717) is 24.6 Å². The van der Waals surface area contributed by atoms with Gasteiger partial charge in [0.2, 0.25) is 5.91 Å². The monoisotopic (exact) mass is 424 g/mol. The van der Waals surface area contributed by atoms with Crippen LogP contribution < -0.4 is 9.64 Å². The number of carbonyl (C=O) groups excluding carboxylic acids is 1. The number of likely N-dealkylation sites (tertiary alicyclic amines) is 1. The molecule has 0 N–H and O–H groups in total. The Bertz CT molecular complexity index is 974. The molecule has 1 saturated heterocycles. The molecule has 164 valence electrons. The van der Waals surface area contributed by atoms with E-state index in [4.69, 9.17) is 11.2 Å². The van der Waals surface area contributed by atoms with Crippen LogP contribution in [0.5, 0.6) is 5.75 Å². The topological polar surface area (TPSA) is 48.4 Å². The summed E-state index contributed by atoms with van der Waals surface area (Å²) in [5.74, 6) is 3.73. The van der Waals surface area contributed by atoms with E-state index < -0.39 is 0 Å². The molecule has 1 atom stereocenters. The van der Waals surface area contributed by atoms with Crippen LogP contribution in [-0.2, 0) is 4.79 Å². The molecular weight excluding hydrogens is 395 g/mol. The number of anilines is 1. The van der Waals surface area contributed by atoms with Crippen molar-refractivity contribution in [3.05, 3.63) is 35.7 Å². The minimum absolute atomic E-state index is 0.0114. The number of benzene rings is 1. The molecule has 0 saturated carbocycles. The summed E-state index contributed by atoms with van der Waals surface area (Å²) in [5.41, 5.74) is 1.71. The maximum Gasteiger partial charge on any atom is 0.241 e. The molecule has 1 unspecified atom stereocenters. The first-order valence-electron chi connectivity index (χ1n) is 10.7. The molecule has 3 heterocycles. The van der Waals surface area contributed by atoms with Crippen molar-refractivity contribution in [2.45, 2.75) is 26.3 Å². The molecule has 0 aromatic heterocycles. The van der Waals surface area contributed by atoms with Gasteiger partial charge in [-0.3, -0.25) is 14.7 Å². The van der Waals surface area contributed by atoms with Gasteiger partial charge in [-0.1, -0.05) is 12.8 Å². The van der Waals surface area contributed by atoms with Gasteiger partial charge in [-0.05, 0) is 25.1 Å². The summed E-state index contributed by atoms with van der Waals surface area (Å²) in [7, 11) is 2.04. The number of halogens is 1. The van der Waals surface area contributed by atoms with Crippen LogP contribution in [0.1, 0.15) is 20.3 Å². The van der Waals surface area contributed by atoms with Gasteiger partial charge >= 0.3 is 0 Å². The zero-order valence-electron chi connectivity index (χ0n) is 18.4. The molecule has 31 heavy (non-hydrogen) atoms. The van der Waals surface area contributed by atoms with Crippen LogP contribution in [0, 0.1) is 23.6 Å². The third-order valence-electron chi connectivity index (χ3n) is 6.09. The van der Waals surface area contributed by atoms with Crippen LogP contribution in [0.4, 0.5) is 10.1 Å². The van der Waals surface area contributed by atoms with E-state index in [-0.39, 0.29) is 23.2 Å². The summed E-state index contributed by atoms with van der Waals surface area (Å²) < 4.78 is 19.2. The maximum absolute atomic E-state index is 13.5. The molecule has 1 amide bonds. The highest BCUT2D eigenvalue weighted by Crippen LogP contribution is 2.36. The van der Waals surface area contributed by atoms with Gasteiger partial charge in [-0.15, -0.1) is 6.42 Å². The van der Waals surface area contributed by atoms with Crippen LogP contribution in [0.3, 0.4) is 0 Å². The van der Waals surface area contributed by atoms with E-state index >= 15 is 0 Å². The second kappa shape index (κ2) is 8.35. The smallest absolute Gasteiger partial charge is 0.241 e. The number of ether oxygens (including phenoxy) is 1. The highest BCUT2D eigenvalue weighted by Gasteiger charge is 2.42. The minimum atomic E-state index is -0.366. The van der Waals surface area contributed by atoms with Gasteiger partial charge in [0.15, 0.2) is 0 Å². The average molecular weight is 425 g/mol. The SMILES string of the molecule is C#CC1=CC(N(C)CC2(C)CN(CC(=O)N3c4ccc(F)cc4OCC3C)C2)=NCC1. The summed E-state index contributed by atoms with van der Waals surface area (Å²) >= 11 is 0. The Morgan fingerprint density at radius 1 is 1.45 bits per heavy atom. The predicted octanol–water partition coefficient (Wildman–Crippen LogP) is 2.56. The number of hydrogen-bond donors (Lipinski definition) is 0. The third-order valence-corrected chi connectivity index (χ3v) is 6.09. The lowest BCUT2D eigenvalue weighted by molar-refractivity contribution is -0.123. The lowest BCUT2D eigenvalue weighted by Crippen LogP contribution is -2.62. The lowest BCUT2D eigenvalue weighted by atomic mass is 9.81. The molecule has 4 rings (SSSR count). The number of amidine groups is 1. The van der Waals surface area contributed by atoms with Crippen molar-refractivity contribution >= 4 is 17.4 Å². The van der Waals surface area contributed by atoms with Crippen molar-refractivity contribution < 1.29 is 13.9 Å². The zero-order chi connectivity index (χ0) is 22.2.